The first-order chi connectivity index (χ1) is 10.2. The maximum Gasteiger partial charge on any atom is 0.193 e. The molecule has 0 amide bonds. The van der Waals surface area contributed by atoms with Crippen molar-refractivity contribution in [3.63, 3.8) is 0 Å². The minimum Gasteiger partial charge on any atom is -0.456 e. The van der Waals surface area contributed by atoms with Crippen LogP contribution in [-0.4, -0.2) is 0 Å². The standard InChI is InChI=1S/C18H13ClO2/c1-2-6-13-9-14(19)10-15-16(20)11-17(21-18(13)15)12-7-4-3-5-8-12/h2-5,7-11H,1,6H2. The molecule has 2 nitrogen and oxygen atoms in total. The second kappa shape index (κ2) is 5.58. The van der Waals surface area contributed by atoms with Crippen molar-refractivity contribution in [3.8, 4) is 11.3 Å². The van der Waals surface area contributed by atoms with E-state index in [9.17, 15) is 4.79 Å². The normalized spacial score (nSPS) is 10.7. The van der Waals surface area contributed by atoms with Crippen LogP contribution in [0.25, 0.3) is 22.3 Å². The fourth-order valence-corrected chi connectivity index (χ4v) is 2.58. The molecule has 0 atom stereocenters. The Bertz CT molecular complexity index is 864. The largest absolute Gasteiger partial charge is 0.456 e. The topological polar surface area (TPSA) is 30.2 Å². The molecule has 0 unspecified atom stereocenters. The molecule has 3 aromatic rings. The number of hydrogen-bond donors (Lipinski definition) is 0. The summed E-state index contributed by atoms with van der Waals surface area (Å²) >= 11 is 6.07. The predicted octanol–water partition coefficient (Wildman–Crippen LogP) is 4.84. The van der Waals surface area contributed by atoms with Gasteiger partial charge in [-0.05, 0) is 18.6 Å². The minimum absolute atomic E-state index is 0.0945. The molecule has 3 heteroatoms. The van der Waals surface area contributed by atoms with E-state index in [1.54, 1.807) is 12.1 Å². The molecule has 2 aromatic carbocycles. The van der Waals surface area contributed by atoms with Crippen molar-refractivity contribution >= 4 is 22.6 Å². The summed E-state index contributed by atoms with van der Waals surface area (Å²) in [6.45, 7) is 3.73. The lowest BCUT2D eigenvalue weighted by molar-refractivity contribution is 0.615. The second-order valence-corrected chi connectivity index (χ2v) is 5.21. The number of allylic oxidation sites excluding steroid dienone is 1. The number of fused-ring (bicyclic) bond motifs is 1. The Balaban J connectivity index is 2.32. The second-order valence-electron chi connectivity index (χ2n) is 4.78. The van der Waals surface area contributed by atoms with Crippen molar-refractivity contribution in [2.45, 2.75) is 6.42 Å². The van der Waals surface area contributed by atoms with Crippen molar-refractivity contribution in [1.82, 2.24) is 0 Å². The molecule has 1 aromatic heterocycles. The molecule has 0 fully saturated rings. The Morgan fingerprint density at radius 1 is 1.14 bits per heavy atom. The van der Waals surface area contributed by atoms with Crippen LogP contribution in [0.5, 0.6) is 0 Å². The number of rotatable bonds is 3. The van der Waals surface area contributed by atoms with Crippen LogP contribution in [0.15, 0.2) is 70.4 Å². The third-order valence-electron chi connectivity index (χ3n) is 3.29. The van der Waals surface area contributed by atoms with Crippen LogP contribution in [-0.2, 0) is 6.42 Å². The predicted molar refractivity (Wildman–Crippen MR) is 86.8 cm³/mol. The van der Waals surface area contributed by atoms with Crippen LogP contribution < -0.4 is 5.43 Å². The summed E-state index contributed by atoms with van der Waals surface area (Å²) < 4.78 is 5.96. The van der Waals surface area contributed by atoms with E-state index in [2.05, 4.69) is 6.58 Å². The molecule has 0 aliphatic carbocycles. The Kier molecular flexibility index (Phi) is 3.63. The molecule has 0 N–H and O–H groups in total. The van der Waals surface area contributed by atoms with Gasteiger partial charge in [0.1, 0.15) is 11.3 Å². The van der Waals surface area contributed by atoms with E-state index in [0.717, 1.165) is 11.1 Å². The van der Waals surface area contributed by atoms with Crippen molar-refractivity contribution in [2.24, 2.45) is 0 Å². The van der Waals surface area contributed by atoms with Crippen molar-refractivity contribution < 1.29 is 4.42 Å². The third kappa shape index (κ3) is 2.63. The highest BCUT2D eigenvalue weighted by atomic mass is 35.5. The molecule has 0 radical (unpaired) electrons. The monoisotopic (exact) mass is 296 g/mol. The van der Waals surface area contributed by atoms with Gasteiger partial charge in [-0.1, -0.05) is 48.0 Å². The quantitative estimate of drug-likeness (QED) is 0.647. The number of benzene rings is 2. The lowest BCUT2D eigenvalue weighted by Crippen LogP contribution is -2.02. The summed E-state index contributed by atoms with van der Waals surface area (Å²) in [6.07, 6.45) is 2.36. The molecule has 0 spiro atoms. The maximum atomic E-state index is 12.3. The fourth-order valence-electron chi connectivity index (χ4n) is 2.34. The summed E-state index contributed by atoms with van der Waals surface area (Å²) in [7, 11) is 0. The van der Waals surface area contributed by atoms with Gasteiger partial charge in [-0.2, -0.15) is 0 Å². The van der Waals surface area contributed by atoms with Crippen molar-refractivity contribution in [1.29, 1.82) is 0 Å². The van der Waals surface area contributed by atoms with Gasteiger partial charge in [0.05, 0.1) is 5.39 Å². The van der Waals surface area contributed by atoms with Gasteiger partial charge in [-0.3, -0.25) is 4.79 Å². The first-order valence-corrected chi connectivity index (χ1v) is 6.99. The van der Waals surface area contributed by atoms with E-state index in [1.165, 1.54) is 6.07 Å². The first-order valence-electron chi connectivity index (χ1n) is 6.61. The molecule has 21 heavy (non-hydrogen) atoms. The average Bonchev–Trinajstić information content (AvgIpc) is 2.49. The average molecular weight is 297 g/mol. The smallest absolute Gasteiger partial charge is 0.193 e. The van der Waals surface area contributed by atoms with E-state index in [1.807, 2.05) is 36.4 Å². The van der Waals surface area contributed by atoms with Gasteiger partial charge in [0, 0.05) is 22.2 Å². The summed E-state index contributed by atoms with van der Waals surface area (Å²) in [5.41, 5.74) is 2.21. The lowest BCUT2D eigenvalue weighted by Gasteiger charge is -2.07. The van der Waals surface area contributed by atoms with E-state index in [0.29, 0.717) is 28.2 Å². The van der Waals surface area contributed by atoms with Gasteiger partial charge in [-0.15, -0.1) is 6.58 Å². The fraction of sp³-hybridized carbons (Fsp3) is 0.0556. The molecule has 1 heterocycles. The van der Waals surface area contributed by atoms with Crippen LogP contribution >= 0.6 is 11.6 Å². The number of hydrogen-bond acceptors (Lipinski definition) is 2. The zero-order chi connectivity index (χ0) is 14.8. The maximum absolute atomic E-state index is 12.3. The van der Waals surface area contributed by atoms with E-state index >= 15 is 0 Å². The van der Waals surface area contributed by atoms with E-state index < -0.39 is 0 Å². The Morgan fingerprint density at radius 3 is 2.62 bits per heavy atom. The van der Waals surface area contributed by atoms with Gasteiger partial charge in [0.25, 0.3) is 0 Å². The molecular formula is C18H13ClO2. The summed E-state index contributed by atoms with van der Waals surface area (Å²) in [6, 6.07) is 14.5. The zero-order valence-corrected chi connectivity index (χ0v) is 12.1. The van der Waals surface area contributed by atoms with Gasteiger partial charge >= 0.3 is 0 Å². The molecule has 0 saturated heterocycles. The Hall–Kier alpha value is -2.32. The summed E-state index contributed by atoms with van der Waals surface area (Å²) in [5, 5.41) is 1.03. The van der Waals surface area contributed by atoms with Crippen LogP contribution in [0, 0.1) is 0 Å². The summed E-state index contributed by atoms with van der Waals surface area (Å²) in [4.78, 5) is 12.3. The highest BCUT2D eigenvalue weighted by Gasteiger charge is 2.11. The third-order valence-corrected chi connectivity index (χ3v) is 3.51. The highest BCUT2D eigenvalue weighted by Crippen LogP contribution is 2.27. The molecule has 0 bridgehead atoms. The molecule has 0 aliphatic heterocycles. The van der Waals surface area contributed by atoms with Crippen molar-refractivity contribution in [3.05, 3.63) is 82.0 Å². The van der Waals surface area contributed by atoms with Gasteiger partial charge in [-0.25, -0.2) is 0 Å². The highest BCUT2D eigenvalue weighted by molar-refractivity contribution is 6.31. The Morgan fingerprint density at radius 2 is 1.90 bits per heavy atom. The molecular weight excluding hydrogens is 284 g/mol. The lowest BCUT2D eigenvalue weighted by atomic mass is 10.1. The molecule has 0 aliphatic rings. The Labute approximate surface area is 127 Å². The van der Waals surface area contributed by atoms with Gasteiger partial charge in [0.15, 0.2) is 5.43 Å². The van der Waals surface area contributed by atoms with Crippen molar-refractivity contribution in [2.75, 3.05) is 0 Å². The van der Waals surface area contributed by atoms with Crippen LogP contribution in [0.4, 0.5) is 0 Å². The first kappa shape index (κ1) is 13.7. The van der Waals surface area contributed by atoms with E-state index in [4.69, 9.17) is 16.0 Å². The SMILES string of the molecule is C=CCc1cc(Cl)cc2c(=O)cc(-c3ccccc3)oc12. The van der Waals surface area contributed by atoms with Crippen LogP contribution in [0.1, 0.15) is 5.56 Å². The van der Waals surface area contributed by atoms with Gasteiger partial charge < -0.3 is 4.42 Å². The molecule has 104 valence electrons. The molecule has 0 saturated carbocycles. The van der Waals surface area contributed by atoms with Crippen LogP contribution in [0.2, 0.25) is 5.02 Å². The summed E-state index contributed by atoms with van der Waals surface area (Å²) in [5.74, 6) is 0.556. The zero-order valence-electron chi connectivity index (χ0n) is 11.3. The minimum atomic E-state index is -0.0945. The van der Waals surface area contributed by atoms with E-state index in [-0.39, 0.29) is 5.43 Å². The van der Waals surface area contributed by atoms with Crippen LogP contribution in [0.3, 0.4) is 0 Å². The van der Waals surface area contributed by atoms with Gasteiger partial charge in [0.2, 0.25) is 0 Å². The molecule has 3 rings (SSSR count). The number of halogens is 1.